The number of ketones is 1. The highest BCUT2D eigenvalue weighted by atomic mass is 16.5. The fraction of sp³-hybridized carbons (Fsp3) is 0.364. The summed E-state index contributed by atoms with van der Waals surface area (Å²) in [4.78, 5) is 24.4. The van der Waals surface area contributed by atoms with Crippen molar-refractivity contribution in [2.45, 2.75) is 25.7 Å². The van der Waals surface area contributed by atoms with Crippen molar-refractivity contribution in [3.8, 4) is 17.2 Å². The lowest BCUT2D eigenvalue weighted by Crippen LogP contribution is -2.26. The second-order valence-corrected chi connectivity index (χ2v) is 6.58. The second-order valence-electron chi connectivity index (χ2n) is 6.58. The predicted octanol–water partition coefficient (Wildman–Crippen LogP) is 3.18. The van der Waals surface area contributed by atoms with Gasteiger partial charge in [-0.25, -0.2) is 0 Å². The zero-order chi connectivity index (χ0) is 19.8. The van der Waals surface area contributed by atoms with Crippen LogP contribution in [0.2, 0.25) is 0 Å². The fourth-order valence-corrected chi connectivity index (χ4v) is 2.93. The van der Waals surface area contributed by atoms with Crippen LogP contribution in [-0.2, 0) is 11.2 Å². The Balaban J connectivity index is 1.42. The number of amides is 1. The van der Waals surface area contributed by atoms with Gasteiger partial charge in [0.15, 0.2) is 17.3 Å². The standard InChI is InChI=1S/C22H25NO5/c1-26-18-6-3-16(4-7-18)11-12-23-22(25)10-8-19(24)17-5-9-20-21(15-17)28-14-2-13-27-20/h3-7,9,15H,2,8,10-14H2,1H3,(H,23,25). The van der Waals surface area contributed by atoms with E-state index in [2.05, 4.69) is 5.32 Å². The van der Waals surface area contributed by atoms with E-state index in [9.17, 15) is 9.59 Å². The van der Waals surface area contributed by atoms with Gasteiger partial charge in [-0.15, -0.1) is 0 Å². The molecule has 0 saturated carbocycles. The molecule has 1 amide bonds. The highest BCUT2D eigenvalue weighted by molar-refractivity contribution is 5.98. The van der Waals surface area contributed by atoms with Crippen LogP contribution in [0.3, 0.4) is 0 Å². The number of Topliss-reactive ketones (excluding diaryl/α,β-unsaturated/α-hetero) is 1. The molecule has 6 heteroatoms. The van der Waals surface area contributed by atoms with Crippen LogP contribution in [0, 0.1) is 0 Å². The molecule has 3 rings (SSSR count). The monoisotopic (exact) mass is 383 g/mol. The van der Waals surface area contributed by atoms with Crippen LogP contribution in [0.4, 0.5) is 0 Å². The highest BCUT2D eigenvalue weighted by Gasteiger charge is 2.15. The molecule has 1 aliphatic rings. The Kier molecular flexibility index (Phi) is 6.89. The van der Waals surface area contributed by atoms with E-state index in [1.807, 2.05) is 24.3 Å². The molecule has 0 spiro atoms. The minimum absolute atomic E-state index is 0.0825. The molecule has 2 aromatic carbocycles. The molecule has 0 aromatic heterocycles. The van der Waals surface area contributed by atoms with Gasteiger partial charge in [-0.1, -0.05) is 12.1 Å². The van der Waals surface area contributed by atoms with E-state index in [1.165, 1.54) is 0 Å². The van der Waals surface area contributed by atoms with Crippen LogP contribution in [0.5, 0.6) is 17.2 Å². The SMILES string of the molecule is COc1ccc(CCNC(=O)CCC(=O)c2ccc3c(c2)OCCCO3)cc1. The number of rotatable bonds is 8. The Morgan fingerprint density at radius 2 is 1.75 bits per heavy atom. The van der Waals surface area contributed by atoms with Crippen molar-refractivity contribution in [3.05, 3.63) is 53.6 Å². The van der Waals surface area contributed by atoms with Gasteiger partial charge in [-0.3, -0.25) is 9.59 Å². The molecule has 148 valence electrons. The topological polar surface area (TPSA) is 73.9 Å². The highest BCUT2D eigenvalue weighted by Crippen LogP contribution is 2.30. The Hall–Kier alpha value is -3.02. The molecule has 0 atom stereocenters. The van der Waals surface area contributed by atoms with Gasteiger partial charge >= 0.3 is 0 Å². The van der Waals surface area contributed by atoms with Crippen LogP contribution >= 0.6 is 0 Å². The van der Waals surface area contributed by atoms with Crippen molar-refractivity contribution < 1.29 is 23.8 Å². The normalized spacial score (nSPS) is 12.8. The van der Waals surface area contributed by atoms with Crippen molar-refractivity contribution in [1.29, 1.82) is 0 Å². The van der Waals surface area contributed by atoms with Crippen molar-refractivity contribution in [2.24, 2.45) is 0 Å². The minimum Gasteiger partial charge on any atom is -0.497 e. The number of carbonyl (C=O) groups is 2. The second kappa shape index (κ2) is 9.78. The lowest BCUT2D eigenvalue weighted by molar-refractivity contribution is -0.121. The number of benzene rings is 2. The zero-order valence-corrected chi connectivity index (χ0v) is 16.0. The summed E-state index contributed by atoms with van der Waals surface area (Å²) in [6.45, 7) is 1.71. The van der Waals surface area contributed by atoms with Crippen LogP contribution in [0.25, 0.3) is 0 Å². The van der Waals surface area contributed by atoms with Crippen LogP contribution in [0.1, 0.15) is 35.2 Å². The molecule has 0 aliphatic carbocycles. The van der Waals surface area contributed by atoms with E-state index in [0.29, 0.717) is 36.8 Å². The average molecular weight is 383 g/mol. The largest absolute Gasteiger partial charge is 0.497 e. The van der Waals surface area contributed by atoms with Gasteiger partial charge in [-0.05, 0) is 42.3 Å². The Morgan fingerprint density at radius 1 is 1.00 bits per heavy atom. The molecule has 0 unspecified atom stereocenters. The summed E-state index contributed by atoms with van der Waals surface area (Å²) in [5.74, 6) is 1.84. The number of hydrogen-bond donors (Lipinski definition) is 1. The van der Waals surface area contributed by atoms with Gasteiger partial charge in [0, 0.05) is 31.4 Å². The number of fused-ring (bicyclic) bond motifs is 1. The maximum Gasteiger partial charge on any atom is 0.220 e. The van der Waals surface area contributed by atoms with E-state index in [-0.39, 0.29) is 24.5 Å². The van der Waals surface area contributed by atoms with Crippen molar-refractivity contribution in [1.82, 2.24) is 5.32 Å². The van der Waals surface area contributed by atoms with Gasteiger partial charge in [-0.2, -0.15) is 0 Å². The molecular weight excluding hydrogens is 358 g/mol. The molecule has 0 radical (unpaired) electrons. The quantitative estimate of drug-likeness (QED) is 0.709. The molecule has 0 fully saturated rings. The Bertz CT molecular complexity index is 816. The van der Waals surface area contributed by atoms with E-state index in [4.69, 9.17) is 14.2 Å². The molecule has 1 aliphatic heterocycles. The summed E-state index contributed by atoms with van der Waals surface area (Å²) >= 11 is 0. The van der Waals surface area contributed by atoms with E-state index in [0.717, 1.165) is 24.2 Å². The van der Waals surface area contributed by atoms with E-state index < -0.39 is 0 Å². The van der Waals surface area contributed by atoms with Crippen molar-refractivity contribution >= 4 is 11.7 Å². The third kappa shape index (κ3) is 5.49. The number of methoxy groups -OCH3 is 1. The molecule has 6 nitrogen and oxygen atoms in total. The van der Waals surface area contributed by atoms with E-state index in [1.54, 1.807) is 25.3 Å². The molecular formula is C22H25NO5. The first-order valence-electron chi connectivity index (χ1n) is 9.48. The lowest BCUT2D eigenvalue weighted by Gasteiger charge is -2.09. The minimum atomic E-state index is -0.129. The number of ether oxygens (including phenoxy) is 3. The summed E-state index contributed by atoms with van der Waals surface area (Å²) in [7, 11) is 1.63. The third-order valence-electron chi connectivity index (χ3n) is 4.54. The van der Waals surface area contributed by atoms with Gasteiger partial charge in [0.05, 0.1) is 20.3 Å². The molecule has 1 N–H and O–H groups in total. The predicted molar refractivity (Wildman–Crippen MR) is 105 cm³/mol. The summed E-state index contributed by atoms with van der Waals surface area (Å²) in [5, 5.41) is 2.86. The maximum absolute atomic E-state index is 12.4. The first-order valence-corrected chi connectivity index (χ1v) is 9.48. The first kappa shape index (κ1) is 19.7. The van der Waals surface area contributed by atoms with Crippen LogP contribution in [-0.4, -0.2) is 38.6 Å². The molecule has 28 heavy (non-hydrogen) atoms. The summed E-state index contributed by atoms with van der Waals surface area (Å²) in [6, 6.07) is 12.9. The smallest absolute Gasteiger partial charge is 0.220 e. The number of nitrogens with one attached hydrogen (secondary N) is 1. The van der Waals surface area contributed by atoms with Crippen LogP contribution < -0.4 is 19.5 Å². The van der Waals surface area contributed by atoms with Gasteiger partial charge < -0.3 is 19.5 Å². The van der Waals surface area contributed by atoms with Gasteiger partial charge in [0.25, 0.3) is 0 Å². The van der Waals surface area contributed by atoms with Crippen molar-refractivity contribution in [3.63, 3.8) is 0 Å². The Morgan fingerprint density at radius 3 is 2.50 bits per heavy atom. The summed E-state index contributed by atoms with van der Waals surface area (Å²) in [5.41, 5.74) is 1.65. The number of carbonyl (C=O) groups excluding carboxylic acids is 2. The molecule has 0 saturated heterocycles. The van der Waals surface area contributed by atoms with Crippen LogP contribution in [0.15, 0.2) is 42.5 Å². The van der Waals surface area contributed by atoms with Gasteiger partial charge in [0.1, 0.15) is 5.75 Å². The van der Waals surface area contributed by atoms with Gasteiger partial charge in [0.2, 0.25) is 5.91 Å². The Labute approximate surface area is 164 Å². The first-order chi connectivity index (χ1) is 13.7. The summed E-state index contributed by atoms with van der Waals surface area (Å²) < 4.78 is 16.3. The number of hydrogen-bond acceptors (Lipinski definition) is 5. The average Bonchev–Trinajstić information content (AvgIpc) is 2.97. The lowest BCUT2D eigenvalue weighted by atomic mass is 10.1. The zero-order valence-electron chi connectivity index (χ0n) is 16.0. The molecule has 1 heterocycles. The molecule has 0 bridgehead atoms. The maximum atomic E-state index is 12.4. The fourth-order valence-electron chi connectivity index (χ4n) is 2.93. The van der Waals surface area contributed by atoms with E-state index >= 15 is 0 Å². The molecule has 2 aromatic rings. The third-order valence-corrected chi connectivity index (χ3v) is 4.54. The van der Waals surface area contributed by atoms with Crippen molar-refractivity contribution in [2.75, 3.05) is 26.9 Å². The summed E-state index contributed by atoms with van der Waals surface area (Å²) in [6.07, 6.45) is 1.87.